The van der Waals surface area contributed by atoms with Crippen LogP contribution in [0, 0.1) is 5.92 Å². The van der Waals surface area contributed by atoms with Gasteiger partial charge in [-0.15, -0.1) is 0 Å². The van der Waals surface area contributed by atoms with Crippen molar-refractivity contribution >= 4 is 11.7 Å². The number of hydrogen-bond acceptors (Lipinski definition) is 5. The molecule has 0 aliphatic heterocycles. The van der Waals surface area contributed by atoms with E-state index in [0.717, 1.165) is 12.3 Å². The number of hydrogen-bond donors (Lipinski definition) is 2. The quantitative estimate of drug-likeness (QED) is 0.642. The van der Waals surface area contributed by atoms with E-state index in [4.69, 9.17) is 10.5 Å². The molecular formula is C20H26F5N5O2. The number of rotatable bonds is 4. The molecule has 0 radical (unpaired) electrons. The monoisotopic (exact) mass is 463 g/mol. The lowest BCUT2D eigenvalue weighted by Crippen LogP contribution is -2.40. The summed E-state index contributed by atoms with van der Waals surface area (Å²) in [4.78, 5) is 16.7. The van der Waals surface area contributed by atoms with E-state index in [1.165, 1.54) is 10.7 Å². The van der Waals surface area contributed by atoms with Crippen LogP contribution in [0.25, 0.3) is 5.65 Å². The molecule has 2 aromatic rings. The molecule has 2 heterocycles. The average molecular weight is 463 g/mol. The SMILES string of the molecule is CC(C)(C)OC(=O)N[C@H](c1cn2ncc([C@H](N)C(F)(F)F)cc2n1)C1CCC(F)(F)CC1. The second kappa shape index (κ2) is 8.45. The predicted octanol–water partition coefficient (Wildman–Crippen LogP) is 4.68. The molecule has 0 saturated heterocycles. The minimum Gasteiger partial charge on any atom is -0.444 e. The molecule has 2 atom stereocenters. The van der Waals surface area contributed by atoms with Crippen molar-refractivity contribution in [1.82, 2.24) is 19.9 Å². The Morgan fingerprint density at radius 1 is 1.28 bits per heavy atom. The summed E-state index contributed by atoms with van der Waals surface area (Å²) in [6, 6.07) is -1.84. The summed E-state index contributed by atoms with van der Waals surface area (Å²) in [5.41, 5.74) is 4.58. The van der Waals surface area contributed by atoms with Gasteiger partial charge in [-0.1, -0.05) is 0 Å². The number of halogens is 5. The average Bonchev–Trinajstić information content (AvgIpc) is 3.06. The lowest BCUT2D eigenvalue weighted by molar-refractivity contribution is -0.149. The molecule has 1 amide bonds. The highest BCUT2D eigenvalue weighted by molar-refractivity contribution is 5.68. The van der Waals surface area contributed by atoms with E-state index in [2.05, 4.69) is 15.4 Å². The summed E-state index contributed by atoms with van der Waals surface area (Å²) in [6.45, 7) is 5.05. The van der Waals surface area contributed by atoms with Gasteiger partial charge in [0.1, 0.15) is 11.6 Å². The minimum absolute atomic E-state index is 0.0920. The van der Waals surface area contributed by atoms with Gasteiger partial charge >= 0.3 is 12.3 Å². The molecular weight excluding hydrogens is 437 g/mol. The number of nitrogens with zero attached hydrogens (tertiary/aromatic N) is 3. The Kier molecular flexibility index (Phi) is 6.38. The van der Waals surface area contributed by atoms with Gasteiger partial charge in [0.15, 0.2) is 5.65 Å². The Bertz CT molecular complexity index is 959. The second-order valence-corrected chi connectivity index (χ2v) is 9.09. The lowest BCUT2D eigenvalue weighted by atomic mass is 9.81. The summed E-state index contributed by atoms with van der Waals surface area (Å²) < 4.78 is 72.7. The van der Waals surface area contributed by atoms with Crippen molar-refractivity contribution in [3.8, 4) is 0 Å². The molecule has 2 aromatic heterocycles. The van der Waals surface area contributed by atoms with E-state index < -0.39 is 35.9 Å². The van der Waals surface area contributed by atoms with Gasteiger partial charge in [0.25, 0.3) is 0 Å². The van der Waals surface area contributed by atoms with Crippen LogP contribution >= 0.6 is 0 Å². The van der Waals surface area contributed by atoms with Gasteiger partial charge in [-0.2, -0.15) is 18.3 Å². The van der Waals surface area contributed by atoms with Crippen molar-refractivity contribution in [1.29, 1.82) is 0 Å². The van der Waals surface area contributed by atoms with E-state index >= 15 is 0 Å². The van der Waals surface area contributed by atoms with Crippen molar-refractivity contribution in [3.63, 3.8) is 0 Å². The number of fused-ring (bicyclic) bond motifs is 1. The third-order valence-corrected chi connectivity index (χ3v) is 5.30. The Labute approximate surface area is 181 Å². The Hall–Kier alpha value is -2.50. The zero-order valence-electron chi connectivity index (χ0n) is 17.9. The number of carbonyl (C=O) groups is 1. The van der Waals surface area contributed by atoms with Gasteiger partial charge < -0.3 is 15.8 Å². The summed E-state index contributed by atoms with van der Waals surface area (Å²) in [5, 5.41) is 6.63. The number of alkyl halides is 5. The third-order valence-electron chi connectivity index (χ3n) is 5.30. The number of amides is 1. The summed E-state index contributed by atoms with van der Waals surface area (Å²) >= 11 is 0. The minimum atomic E-state index is -4.65. The molecule has 12 heteroatoms. The molecule has 178 valence electrons. The normalized spacial score (nSPS) is 19.5. The third kappa shape index (κ3) is 5.84. The first-order valence-corrected chi connectivity index (χ1v) is 10.2. The molecule has 32 heavy (non-hydrogen) atoms. The molecule has 7 nitrogen and oxygen atoms in total. The van der Waals surface area contributed by atoms with Crippen LogP contribution in [0.3, 0.4) is 0 Å². The molecule has 1 aliphatic rings. The van der Waals surface area contributed by atoms with Crippen molar-refractivity contribution in [2.75, 3.05) is 0 Å². The van der Waals surface area contributed by atoms with Crippen LogP contribution in [0.2, 0.25) is 0 Å². The molecule has 1 fully saturated rings. The molecule has 0 bridgehead atoms. The Morgan fingerprint density at radius 2 is 1.91 bits per heavy atom. The maximum atomic E-state index is 13.7. The van der Waals surface area contributed by atoms with Crippen LogP contribution in [0.1, 0.15) is 69.8 Å². The molecule has 1 saturated carbocycles. The topological polar surface area (TPSA) is 94.5 Å². The van der Waals surface area contributed by atoms with Gasteiger partial charge in [0, 0.05) is 18.4 Å². The van der Waals surface area contributed by atoms with Crippen molar-refractivity contribution in [2.45, 2.75) is 76.2 Å². The molecule has 0 aromatic carbocycles. The van der Waals surface area contributed by atoms with Crippen LogP contribution in [-0.4, -0.2) is 38.4 Å². The van der Waals surface area contributed by atoms with Gasteiger partial charge in [-0.25, -0.2) is 23.1 Å². The lowest BCUT2D eigenvalue weighted by Gasteiger charge is -2.33. The van der Waals surface area contributed by atoms with Crippen molar-refractivity contribution in [3.05, 3.63) is 29.7 Å². The fraction of sp³-hybridized carbons (Fsp3) is 0.650. The van der Waals surface area contributed by atoms with E-state index in [-0.39, 0.29) is 48.5 Å². The summed E-state index contributed by atoms with van der Waals surface area (Å²) in [5.74, 6) is -3.13. The number of aromatic nitrogens is 3. The van der Waals surface area contributed by atoms with E-state index in [1.807, 2.05) is 0 Å². The number of nitrogens with two attached hydrogens (primary N) is 1. The van der Waals surface area contributed by atoms with E-state index in [1.54, 1.807) is 20.8 Å². The smallest absolute Gasteiger partial charge is 0.408 e. The van der Waals surface area contributed by atoms with Crippen molar-refractivity contribution in [2.24, 2.45) is 11.7 Å². The largest absolute Gasteiger partial charge is 0.444 e. The van der Waals surface area contributed by atoms with Crippen LogP contribution in [0.5, 0.6) is 0 Å². The maximum Gasteiger partial charge on any atom is 0.408 e. The number of nitrogens with one attached hydrogen (secondary N) is 1. The zero-order chi connectivity index (χ0) is 23.9. The van der Waals surface area contributed by atoms with E-state index in [9.17, 15) is 26.7 Å². The number of carbonyl (C=O) groups excluding carboxylic acids is 1. The second-order valence-electron chi connectivity index (χ2n) is 9.09. The molecule has 1 aliphatic carbocycles. The summed E-state index contributed by atoms with van der Waals surface area (Å²) in [6.07, 6.45) is -3.34. The van der Waals surface area contributed by atoms with Crippen LogP contribution in [-0.2, 0) is 4.74 Å². The van der Waals surface area contributed by atoms with E-state index in [0.29, 0.717) is 0 Å². The first-order chi connectivity index (χ1) is 14.6. The zero-order valence-corrected chi connectivity index (χ0v) is 17.9. The molecule has 0 unspecified atom stereocenters. The van der Waals surface area contributed by atoms with Gasteiger partial charge in [-0.05, 0) is 45.6 Å². The van der Waals surface area contributed by atoms with Gasteiger partial charge in [0.2, 0.25) is 5.92 Å². The highest BCUT2D eigenvalue weighted by Crippen LogP contribution is 2.41. The summed E-state index contributed by atoms with van der Waals surface area (Å²) in [7, 11) is 0. The predicted molar refractivity (Wildman–Crippen MR) is 105 cm³/mol. The molecule has 3 rings (SSSR count). The Morgan fingerprint density at radius 3 is 2.47 bits per heavy atom. The Balaban J connectivity index is 1.91. The fourth-order valence-electron chi connectivity index (χ4n) is 3.68. The number of alkyl carbamates (subject to hydrolysis) is 1. The first kappa shape index (κ1) is 24.1. The van der Waals surface area contributed by atoms with Gasteiger partial charge in [-0.3, -0.25) is 0 Å². The fourth-order valence-corrected chi connectivity index (χ4v) is 3.68. The standard InChI is InChI=1S/C20H26F5N5O2/c1-18(2,3)32-17(31)29-15(11-4-6-19(21,22)7-5-11)13-10-30-14(28-13)8-12(9-27-30)16(26)20(23,24)25/h8-11,15-16H,4-7,26H2,1-3H3,(H,29,31)/t15-,16-/m0/s1. The molecule has 0 spiro atoms. The maximum absolute atomic E-state index is 13.7. The van der Waals surface area contributed by atoms with Crippen molar-refractivity contribution < 1.29 is 31.5 Å². The van der Waals surface area contributed by atoms with Crippen LogP contribution in [0.15, 0.2) is 18.5 Å². The van der Waals surface area contributed by atoms with Gasteiger partial charge in [0.05, 0.1) is 24.1 Å². The van der Waals surface area contributed by atoms with Crippen LogP contribution in [0.4, 0.5) is 26.7 Å². The highest BCUT2D eigenvalue weighted by atomic mass is 19.4. The first-order valence-electron chi connectivity index (χ1n) is 10.2. The van der Waals surface area contributed by atoms with Crippen LogP contribution < -0.4 is 11.1 Å². The number of imidazole rings is 1. The molecule has 3 N–H and O–H groups in total. The highest BCUT2D eigenvalue weighted by Gasteiger charge is 2.40. The number of ether oxygens (including phenoxy) is 1.